The minimum Gasteiger partial charge on any atom is -0.390 e. The van der Waals surface area contributed by atoms with Gasteiger partial charge in [-0.3, -0.25) is 4.98 Å². The van der Waals surface area contributed by atoms with Crippen molar-refractivity contribution in [3.8, 4) is 0 Å². The van der Waals surface area contributed by atoms with Crippen molar-refractivity contribution in [3.63, 3.8) is 0 Å². The second-order valence-corrected chi connectivity index (χ2v) is 4.49. The van der Waals surface area contributed by atoms with Gasteiger partial charge in [-0.15, -0.1) is 0 Å². The number of aliphatic hydroxyl groups is 1. The van der Waals surface area contributed by atoms with Crippen LogP contribution in [0.3, 0.4) is 0 Å². The summed E-state index contributed by atoms with van der Waals surface area (Å²) in [5, 5.41) is 9.68. The third kappa shape index (κ3) is 2.42. The topological polar surface area (TPSA) is 33.1 Å². The van der Waals surface area contributed by atoms with Crippen LogP contribution in [0.2, 0.25) is 5.02 Å². The Morgan fingerprint density at radius 1 is 1.46 bits per heavy atom. The molecule has 1 heterocycles. The summed E-state index contributed by atoms with van der Waals surface area (Å²) in [5.41, 5.74) is 1.68. The number of rotatable bonds is 1. The van der Waals surface area contributed by atoms with Gasteiger partial charge in [-0.25, -0.2) is 0 Å². The molecule has 1 aromatic rings. The van der Waals surface area contributed by atoms with Crippen LogP contribution in [0.15, 0.2) is 12.3 Å². The van der Waals surface area contributed by atoms with Crippen LogP contribution in [0.1, 0.15) is 32.0 Å². The maximum atomic E-state index is 9.07. The molecule has 0 fully saturated rings. The first kappa shape index (κ1) is 10.5. The van der Waals surface area contributed by atoms with Crippen molar-refractivity contribution in [1.29, 1.82) is 0 Å². The molecule has 3 heteroatoms. The second-order valence-electron chi connectivity index (χ2n) is 4.06. The molecule has 0 bridgehead atoms. The van der Waals surface area contributed by atoms with Gasteiger partial charge in [0, 0.05) is 6.20 Å². The monoisotopic (exact) mass is 199 g/mol. The Kier molecular flexibility index (Phi) is 2.94. The molecule has 0 aliphatic rings. The van der Waals surface area contributed by atoms with Crippen molar-refractivity contribution in [3.05, 3.63) is 28.5 Å². The van der Waals surface area contributed by atoms with Gasteiger partial charge in [0.15, 0.2) is 0 Å². The first-order valence-corrected chi connectivity index (χ1v) is 4.58. The summed E-state index contributed by atoms with van der Waals surface area (Å²) in [6.07, 6.45) is 1.56. The minimum atomic E-state index is -0.0379. The number of hydrogen-bond donors (Lipinski definition) is 1. The van der Waals surface area contributed by atoms with Crippen LogP contribution < -0.4 is 0 Å². The molecule has 0 atom stereocenters. The highest BCUT2D eigenvalue weighted by molar-refractivity contribution is 6.30. The molecule has 0 saturated heterocycles. The van der Waals surface area contributed by atoms with E-state index in [4.69, 9.17) is 16.7 Å². The third-order valence-corrected chi connectivity index (χ3v) is 2.10. The summed E-state index contributed by atoms with van der Waals surface area (Å²) in [7, 11) is 0. The zero-order valence-electron chi connectivity index (χ0n) is 8.13. The van der Waals surface area contributed by atoms with Gasteiger partial charge < -0.3 is 5.11 Å². The van der Waals surface area contributed by atoms with E-state index in [1.807, 2.05) is 6.07 Å². The van der Waals surface area contributed by atoms with Gasteiger partial charge in [0.1, 0.15) is 0 Å². The van der Waals surface area contributed by atoms with Crippen molar-refractivity contribution in [2.24, 2.45) is 0 Å². The van der Waals surface area contributed by atoms with Gasteiger partial charge in [-0.05, 0) is 17.0 Å². The summed E-state index contributed by atoms with van der Waals surface area (Å²) in [5.74, 6) is 0. The van der Waals surface area contributed by atoms with Crippen LogP contribution in [0.5, 0.6) is 0 Å². The van der Waals surface area contributed by atoms with Crippen LogP contribution in [0.4, 0.5) is 0 Å². The van der Waals surface area contributed by atoms with Crippen molar-refractivity contribution in [2.75, 3.05) is 0 Å². The summed E-state index contributed by atoms with van der Waals surface area (Å²) >= 11 is 5.84. The molecule has 1 aromatic heterocycles. The molecule has 1 N–H and O–H groups in total. The van der Waals surface area contributed by atoms with E-state index in [0.717, 1.165) is 5.56 Å². The Hall–Kier alpha value is -0.600. The van der Waals surface area contributed by atoms with E-state index in [-0.39, 0.29) is 12.0 Å². The summed E-state index contributed by atoms with van der Waals surface area (Å²) in [6.45, 7) is 6.17. The Morgan fingerprint density at radius 3 is 2.54 bits per heavy atom. The molecule has 2 nitrogen and oxygen atoms in total. The predicted octanol–water partition coefficient (Wildman–Crippen LogP) is 2.52. The fourth-order valence-corrected chi connectivity index (χ4v) is 1.40. The molecule has 0 spiro atoms. The number of hydrogen-bond acceptors (Lipinski definition) is 2. The van der Waals surface area contributed by atoms with Gasteiger partial charge in [0.25, 0.3) is 0 Å². The highest BCUT2D eigenvalue weighted by atomic mass is 35.5. The van der Waals surface area contributed by atoms with E-state index in [0.29, 0.717) is 10.7 Å². The van der Waals surface area contributed by atoms with Gasteiger partial charge in [0.2, 0.25) is 0 Å². The molecule has 13 heavy (non-hydrogen) atoms. The lowest BCUT2D eigenvalue weighted by atomic mass is 9.86. The molecule has 0 aliphatic heterocycles. The van der Waals surface area contributed by atoms with Crippen molar-refractivity contribution < 1.29 is 5.11 Å². The first-order valence-electron chi connectivity index (χ1n) is 4.21. The second kappa shape index (κ2) is 3.64. The van der Waals surface area contributed by atoms with E-state index in [1.165, 1.54) is 0 Å². The number of nitrogens with zero attached hydrogens (tertiary/aromatic N) is 1. The van der Waals surface area contributed by atoms with E-state index < -0.39 is 0 Å². The lowest BCUT2D eigenvalue weighted by Gasteiger charge is -2.21. The Balaban J connectivity index is 3.24. The standard InChI is InChI=1S/C10H14ClNO/c1-10(2,3)8-4-7(11)5-12-9(8)6-13/h4-5,13H,6H2,1-3H3. The number of halogens is 1. The zero-order chi connectivity index (χ0) is 10.1. The smallest absolute Gasteiger partial charge is 0.0856 e. The average Bonchev–Trinajstić information content (AvgIpc) is 2.03. The molecule has 0 saturated carbocycles. The maximum Gasteiger partial charge on any atom is 0.0856 e. The van der Waals surface area contributed by atoms with Crippen molar-refractivity contribution >= 4 is 11.6 Å². The molecule has 0 amide bonds. The SMILES string of the molecule is CC(C)(C)c1cc(Cl)cnc1CO. The van der Waals surface area contributed by atoms with Gasteiger partial charge >= 0.3 is 0 Å². The van der Waals surface area contributed by atoms with Crippen LogP contribution in [-0.2, 0) is 12.0 Å². The number of aromatic nitrogens is 1. The Morgan fingerprint density at radius 2 is 2.08 bits per heavy atom. The average molecular weight is 200 g/mol. The molecular formula is C10H14ClNO. The lowest BCUT2D eigenvalue weighted by Crippen LogP contribution is -2.15. The van der Waals surface area contributed by atoms with Crippen LogP contribution in [0.25, 0.3) is 0 Å². The van der Waals surface area contributed by atoms with Crippen LogP contribution >= 0.6 is 11.6 Å². The van der Waals surface area contributed by atoms with Gasteiger partial charge in [-0.1, -0.05) is 32.4 Å². The number of aliphatic hydroxyl groups excluding tert-OH is 1. The van der Waals surface area contributed by atoms with E-state index in [1.54, 1.807) is 6.20 Å². The molecule has 0 aromatic carbocycles. The quantitative estimate of drug-likeness (QED) is 0.754. The number of pyridine rings is 1. The summed E-state index contributed by atoms with van der Waals surface area (Å²) in [6, 6.07) is 1.86. The van der Waals surface area contributed by atoms with Gasteiger partial charge in [-0.2, -0.15) is 0 Å². The Bertz CT molecular complexity index is 304. The molecule has 72 valence electrons. The third-order valence-electron chi connectivity index (χ3n) is 1.89. The van der Waals surface area contributed by atoms with Gasteiger partial charge in [0.05, 0.1) is 17.3 Å². The zero-order valence-corrected chi connectivity index (χ0v) is 8.89. The van der Waals surface area contributed by atoms with E-state index in [2.05, 4.69) is 25.8 Å². The highest BCUT2D eigenvalue weighted by Gasteiger charge is 2.18. The first-order chi connectivity index (χ1) is 5.95. The molecule has 1 rings (SSSR count). The normalized spacial score (nSPS) is 11.8. The summed E-state index contributed by atoms with van der Waals surface area (Å²) < 4.78 is 0. The van der Waals surface area contributed by atoms with E-state index >= 15 is 0 Å². The minimum absolute atomic E-state index is 0.0318. The highest BCUT2D eigenvalue weighted by Crippen LogP contribution is 2.26. The van der Waals surface area contributed by atoms with E-state index in [9.17, 15) is 0 Å². The predicted molar refractivity (Wildman–Crippen MR) is 53.9 cm³/mol. The van der Waals surface area contributed by atoms with Crippen molar-refractivity contribution in [2.45, 2.75) is 32.8 Å². The van der Waals surface area contributed by atoms with Crippen molar-refractivity contribution in [1.82, 2.24) is 4.98 Å². The fraction of sp³-hybridized carbons (Fsp3) is 0.500. The molecule has 0 aliphatic carbocycles. The lowest BCUT2D eigenvalue weighted by molar-refractivity contribution is 0.273. The molecule has 0 unspecified atom stereocenters. The summed E-state index contributed by atoms with van der Waals surface area (Å²) in [4.78, 5) is 4.08. The Labute approximate surface area is 83.6 Å². The molecular weight excluding hydrogens is 186 g/mol. The largest absolute Gasteiger partial charge is 0.390 e. The maximum absolute atomic E-state index is 9.07. The fourth-order valence-electron chi connectivity index (χ4n) is 1.24. The van der Waals surface area contributed by atoms with Crippen LogP contribution in [-0.4, -0.2) is 10.1 Å². The molecule has 0 radical (unpaired) electrons. The van der Waals surface area contributed by atoms with Crippen LogP contribution in [0, 0.1) is 0 Å².